The van der Waals surface area contributed by atoms with E-state index in [1.807, 2.05) is 79.7 Å². The molecule has 0 saturated carbocycles. The van der Waals surface area contributed by atoms with Gasteiger partial charge in [-0.05, 0) is 74.0 Å². The van der Waals surface area contributed by atoms with Gasteiger partial charge in [-0.2, -0.15) is 0 Å². The minimum Gasteiger partial charge on any atom is -0.490 e. The lowest BCUT2D eigenvalue weighted by molar-refractivity contribution is -0.150. The summed E-state index contributed by atoms with van der Waals surface area (Å²) >= 11 is 0. The van der Waals surface area contributed by atoms with Crippen LogP contribution in [0.2, 0.25) is 0 Å². The largest absolute Gasteiger partial charge is 0.490 e. The second kappa shape index (κ2) is 27.6. The molecule has 2 amide bonds. The zero-order chi connectivity index (χ0) is 42.8. The summed E-state index contributed by atoms with van der Waals surface area (Å²) < 4.78 is 10.8. The number of aldehydes is 1. The van der Waals surface area contributed by atoms with Crippen molar-refractivity contribution in [1.29, 1.82) is 0 Å². The molecule has 0 aliphatic carbocycles. The number of aryl methyl sites for hydroxylation is 1. The lowest BCUT2D eigenvalue weighted by Crippen LogP contribution is -2.49. The summed E-state index contributed by atoms with van der Waals surface area (Å²) in [5.74, 6) is 0.0195. The monoisotopic (exact) mass is 773 g/mol. The van der Waals surface area contributed by atoms with Gasteiger partial charge in [0.05, 0.1) is 12.6 Å². The summed E-state index contributed by atoms with van der Waals surface area (Å²) in [5, 5.41) is 8.15. The molecule has 10 heteroatoms. The summed E-state index contributed by atoms with van der Waals surface area (Å²) in [4.78, 5) is 48.5. The third-order valence-corrected chi connectivity index (χ3v) is 9.11. The molecule has 3 aromatic rings. The Morgan fingerprint density at radius 1 is 1.02 bits per heavy atom. The van der Waals surface area contributed by atoms with Gasteiger partial charge in [-0.3, -0.25) is 14.4 Å². The standard InChI is InChI=1S/C17H25NO3.C14H25N3O3.C11H10.C2H6.C2H2/c1-5-11-20-15-9-7-14(8-10-15)12-16(18-4)17(19)21-13(3)6-2;1-9(14(2,3)4)13(20)17-8-10(15)7-11(17)12(19)16-5-6-18;1-9-6-7-10-4-2-3-5-11(10)8-9;2*1-2/h5,7-10,13,16,18H,1,6,11-12H2,2-4H3;6,9-11H,5,7-8,15H2,1-4H3,(H,16,19);2-8H,1H3;1-2H3;1-2H/t13?,16-;9-,10+,11+;;;/m01.../s1. The van der Waals surface area contributed by atoms with Gasteiger partial charge in [0.2, 0.25) is 11.8 Å². The van der Waals surface area contributed by atoms with E-state index in [4.69, 9.17) is 15.2 Å². The zero-order valence-electron chi connectivity index (χ0n) is 35.5. The van der Waals surface area contributed by atoms with Crippen LogP contribution in [0.25, 0.3) is 10.8 Å². The minimum absolute atomic E-state index is 0.0403. The molecule has 1 aliphatic rings. The molecular formula is C46H68N4O6. The number of esters is 1. The number of amides is 2. The first-order valence-electron chi connectivity index (χ1n) is 19.4. The van der Waals surface area contributed by atoms with Crippen molar-refractivity contribution in [2.24, 2.45) is 17.1 Å². The molecule has 0 spiro atoms. The number of carbonyl (C=O) groups is 4. The molecular weight excluding hydrogens is 705 g/mol. The first-order chi connectivity index (χ1) is 26.6. The number of likely N-dealkylation sites (N-methyl/N-ethyl adjacent to an activating group) is 1. The number of hydrogen-bond acceptors (Lipinski definition) is 8. The number of rotatable bonds is 13. The van der Waals surface area contributed by atoms with Gasteiger partial charge < -0.3 is 35.5 Å². The maximum Gasteiger partial charge on any atom is 0.323 e. The lowest BCUT2D eigenvalue weighted by atomic mass is 9.81. The van der Waals surface area contributed by atoms with E-state index in [1.165, 1.54) is 16.3 Å². The van der Waals surface area contributed by atoms with Gasteiger partial charge in [0, 0.05) is 18.5 Å². The number of nitrogens with one attached hydrogen (secondary N) is 2. The van der Waals surface area contributed by atoms with Crippen LogP contribution < -0.4 is 21.1 Å². The highest BCUT2D eigenvalue weighted by molar-refractivity contribution is 5.90. The van der Waals surface area contributed by atoms with Crippen LogP contribution in [0.5, 0.6) is 5.75 Å². The molecule has 0 aromatic heterocycles. The minimum atomic E-state index is -0.567. The average molecular weight is 773 g/mol. The smallest absolute Gasteiger partial charge is 0.323 e. The van der Waals surface area contributed by atoms with E-state index in [2.05, 4.69) is 79.4 Å². The molecule has 1 aliphatic heterocycles. The Morgan fingerprint density at radius 3 is 2.16 bits per heavy atom. The topological polar surface area (TPSA) is 140 Å². The molecule has 308 valence electrons. The van der Waals surface area contributed by atoms with Crippen molar-refractivity contribution in [2.75, 3.05) is 26.7 Å². The van der Waals surface area contributed by atoms with Crippen molar-refractivity contribution in [3.05, 3.63) is 90.5 Å². The van der Waals surface area contributed by atoms with Crippen LogP contribution in [0.3, 0.4) is 0 Å². The summed E-state index contributed by atoms with van der Waals surface area (Å²) in [6.07, 6.45) is 12.1. The normalized spacial score (nSPS) is 15.8. The lowest BCUT2D eigenvalue weighted by Gasteiger charge is -2.32. The first-order valence-corrected chi connectivity index (χ1v) is 19.4. The fourth-order valence-electron chi connectivity index (χ4n) is 5.33. The Labute approximate surface area is 337 Å². The summed E-state index contributed by atoms with van der Waals surface area (Å²) in [6.45, 7) is 22.3. The van der Waals surface area contributed by atoms with E-state index in [0.717, 1.165) is 17.7 Å². The highest BCUT2D eigenvalue weighted by atomic mass is 16.5. The van der Waals surface area contributed by atoms with Crippen LogP contribution in [-0.4, -0.2) is 79.9 Å². The number of fused-ring (bicyclic) bond motifs is 1. The van der Waals surface area contributed by atoms with E-state index in [9.17, 15) is 19.2 Å². The molecule has 5 atom stereocenters. The highest BCUT2D eigenvalue weighted by Gasteiger charge is 2.41. The number of carbonyl (C=O) groups excluding carboxylic acids is 4. The van der Waals surface area contributed by atoms with Crippen molar-refractivity contribution < 1.29 is 28.7 Å². The fraction of sp³-hybridized carbons (Fsp3) is 0.478. The predicted octanol–water partition coefficient (Wildman–Crippen LogP) is 7.06. The third-order valence-electron chi connectivity index (χ3n) is 9.11. The number of likely N-dealkylation sites (tertiary alicyclic amines) is 1. The number of nitrogens with two attached hydrogens (primary N) is 1. The summed E-state index contributed by atoms with van der Waals surface area (Å²) in [7, 11) is 1.77. The van der Waals surface area contributed by atoms with Gasteiger partial charge >= 0.3 is 5.97 Å². The van der Waals surface area contributed by atoms with E-state index in [-0.39, 0.29) is 53.8 Å². The SMILES string of the molecule is C#C.C=CCOc1ccc(C[C@H](NC)C(=O)OC(C)CC)cc1.CC.C[C@H](C(=O)N1C[C@@H](N)C[C@H]1C(=O)NCC=O)C(C)(C)C.Cc1ccc2ccccc2c1. The summed E-state index contributed by atoms with van der Waals surface area (Å²) in [5.41, 5.74) is 8.09. The molecule has 1 saturated heterocycles. The molecule has 4 N–H and O–H groups in total. The van der Waals surface area contributed by atoms with Crippen molar-refractivity contribution in [3.63, 3.8) is 0 Å². The second-order valence-corrected chi connectivity index (χ2v) is 14.3. The molecule has 0 radical (unpaired) electrons. The highest BCUT2D eigenvalue weighted by Crippen LogP contribution is 2.30. The van der Waals surface area contributed by atoms with E-state index in [1.54, 1.807) is 18.0 Å². The molecule has 0 bridgehead atoms. The molecule has 4 rings (SSSR count). The van der Waals surface area contributed by atoms with Crippen LogP contribution in [0.1, 0.15) is 79.4 Å². The van der Waals surface area contributed by atoms with Crippen LogP contribution in [-0.2, 0) is 30.3 Å². The molecule has 1 heterocycles. The Balaban J connectivity index is 0.000000803. The van der Waals surface area contributed by atoms with Crippen molar-refractivity contribution >= 4 is 34.8 Å². The molecule has 1 unspecified atom stereocenters. The van der Waals surface area contributed by atoms with Gasteiger partial charge in [0.25, 0.3) is 0 Å². The summed E-state index contributed by atoms with van der Waals surface area (Å²) in [6, 6.07) is 21.5. The average Bonchev–Trinajstić information content (AvgIpc) is 3.61. The van der Waals surface area contributed by atoms with Crippen LogP contribution >= 0.6 is 0 Å². The van der Waals surface area contributed by atoms with Gasteiger partial charge in [-0.25, -0.2) is 0 Å². The zero-order valence-corrected chi connectivity index (χ0v) is 35.5. The fourth-order valence-corrected chi connectivity index (χ4v) is 5.33. The maximum absolute atomic E-state index is 12.5. The quantitative estimate of drug-likeness (QED) is 0.0727. The van der Waals surface area contributed by atoms with Gasteiger partial charge in [0.15, 0.2) is 0 Å². The molecule has 10 nitrogen and oxygen atoms in total. The Kier molecular flexibility index (Phi) is 25.1. The Bertz CT molecular complexity index is 1630. The van der Waals surface area contributed by atoms with Crippen LogP contribution in [0, 0.1) is 31.1 Å². The van der Waals surface area contributed by atoms with E-state index in [0.29, 0.717) is 32.3 Å². The van der Waals surface area contributed by atoms with E-state index < -0.39 is 6.04 Å². The van der Waals surface area contributed by atoms with Gasteiger partial charge in [-0.1, -0.05) is 121 Å². The van der Waals surface area contributed by atoms with Crippen molar-refractivity contribution in [3.8, 4) is 18.6 Å². The number of nitrogens with zero attached hydrogens (tertiary/aromatic N) is 1. The predicted molar refractivity (Wildman–Crippen MR) is 230 cm³/mol. The third kappa shape index (κ3) is 18.1. The van der Waals surface area contributed by atoms with Gasteiger partial charge in [-0.15, -0.1) is 12.8 Å². The maximum atomic E-state index is 12.5. The van der Waals surface area contributed by atoms with Crippen LogP contribution in [0.15, 0.2) is 79.4 Å². The molecule has 56 heavy (non-hydrogen) atoms. The first kappa shape index (κ1) is 51.0. The van der Waals surface area contributed by atoms with Crippen molar-refractivity contribution in [2.45, 2.75) is 106 Å². The van der Waals surface area contributed by atoms with E-state index >= 15 is 0 Å². The Morgan fingerprint density at radius 2 is 1.62 bits per heavy atom. The van der Waals surface area contributed by atoms with Gasteiger partial charge in [0.1, 0.15) is 30.7 Å². The van der Waals surface area contributed by atoms with Crippen molar-refractivity contribution in [1.82, 2.24) is 15.5 Å². The number of ether oxygens (including phenoxy) is 2. The number of benzene rings is 3. The Hall–Kier alpha value is -4.98. The molecule has 3 aromatic carbocycles. The van der Waals surface area contributed by atoms with Crippen LogP contribution in [0.4, 0.5) is 0 Å². The molecule has 1 fully saturated rings. The second-order valence-electron chi connectivity index (χ2n) is 14.3. The number of terminal acetylenes is 1. The number of hydrogen-bond donors (Lipinski definition) is 3.